The number of nitrogens with one attached hydrogen (secondary N) is 1. The Bertz CT molecular complexity index is 1220. The first kappa shape index (κ1) is 23.5. The molecule has 0 aliphatic heterocycles. The molecular weight excluding hydrogens is 420 g/mol. The van der Waals surface area contributed by atoms with Crippen LogP contribution in [0.1, 0.15) is 40.8 Å². The number of carbonyl (C=O) groups is 1. The van der Waals surface area contributed by atoms with Gasteiger partial charge in [-0.1, -0.05) is 59.7 Å². The van der Waals surface area contributed by atoms with Crippen LogP contribution < -0.4 is 9.62 Å². The van der Waals surface area contributed by atoms with Crippen molar-refractivity contribution in [3.63, 3.8) is 0 Å². The van der Waals surface area contributed by atoms with E-state index < -0.39 is 10.0 Å². The summed E-state index contributed by atoms with van der Waals surface area (Å²) in [7, 11) is -3.93. The molecule has 0 aliphatic rings. The van der Waals surface area contributed by atoms with E-state index in [0.29, 0.717) is 5.69 Å². The van der Waals surface area contributed by atoms with Crippen LogP contribution >= 0.6 is 0 Å². The van der Waals surface area contributed by atoms with E-state index in [1.54, 1.807) is 36.4 Å². The number of sulfonamides is 1. The minimum atomic E-state index is -3.93. The second-order valence-corrected chi connectivity index (χ2v) is 10.1. The van der Waals surface area contributed by atoms with Gasteiger partial charge in [-0.3, -0.25) is 9.10 Å². The monoisotopic (exact) mass is 450 g/mol. The fraction of sp³-hybridized carbons (Fsp3) is 0.269. The third-order valence-corrected chi connectivity index (χ3v) is 7.32. The van der Waals surface area contributed by atoms with Crippen LogP contribution in [0.15, 0.2) is 71.6 Å². The summed E-state index contributed by atoms with van der Waals surface area (Å²) in [6, 6.07) is 19.7. The zero-order valence-electron chi connectivity index (χ0n) is 19.2. The Morgan fingerprint density at radius 1 is 0.875 bits per heavy atom. The van der Waals surface area contributed by atoms with Gasteiger partial charge in [-0.25, -0.2) is 8.42 Å². The SMILES string of the molecule is Cc1ccc(S(=O)(=O)N(CC(=O)N[C@@H](C)c2ccc(C)cc2C)c2ccccc2C)cc1. The molecule has 0 heterocycles. The number of para-hydroxylation sites is 1. The van der Waals surface area contributed by atoms with E-state index in [9.17, 15) is 13.2 Å². The van der Waals surface area contributed by atoms with Gasteiger partial charge >= 0.3 is 0 Å². The molecule has 0 saturated heterocycles. The summed E-state index contributed by atoms with van der Waals surface area (Å²) in [6.07, 6.45) is 0. The number of benzene rings is 3. The van der Waals surface area contributed by atoms with Crippen molar-refractivity contribution >= 4 is 21.6 Å². The Morgan fingerprint density at radius 2 is 1.50 bits per heavy atom. The summed E-state index contributed by atoms with van der Waals surface area (Å²) < 4.78 is 28.2. The lowest BCUT2D eigenvalue weighted by Crippen LogP contribution is -2.42. The van der Waals surface area contributed by atoms with Crippen molar-refractivity contribution in [2.75, 3.05) is 10.8 Å². The van der Waals surface area contributed by atoms with E-state index in [-0.39, 0.29) is 23.4 Å². The summed E-state index contributed by atoms with van der Waals surface area (Å²) in [6.45, 7) is 9.36. The van der Waals surface area contributed by atoms with Gasteiger partial charge in [0.15, 0.2) is 0 Å². The largest absolute Gasteiger partial charge is 0.348 e. The van der Waals surface area contributed by atoms with Gasteiger partial charge in [-0.05, 0) is 69.5 Å². The van der Waals surface area contributed by atoms with Gasteiger partial charge in [0.1, 0.15) is 6.54 Å². The molecule has 168 valence electrons. The first-order valence-corrected chi connectivity index (χ1v) is 12.0. The zero-order valence-corrected chi connectivity index (χ0v) is 20.0. The number of rotatable bonds is 7. The second-order valence-electron chi connectivity index (χ2n) is 8.26. The van der Waals surface area contributed by atoms with E-state index in [1.165, 1.54) is 4.31 Å². The molecule has 0 bridgehead atoms. The van der Waals surface area contributed by atoms with E-state index >= 15 is 0 Å². The highest BCUT2D eigenvalue weighted by Crippen LogP contribution is 2.27. The summed E-state index contributed by atoms with van der Waals surface area (Å²) in [5, 5.41) is 2.96. The number of anilines is 1. The molecule has 0 radical (unpaired) electrons. The number of hydrogen-bond donors (Lipinski definition) is 1. The van der Waals surface area contributed by atoms with Crippen LogP contribution in [0.5, 0.6) is 0 Å². The molecule has 0 spiro atoms. The topological polar surface area (TPSA) is 66.5 Å². The van der Waals surface area contributed by atoms with Gasteiger partial charge in [-0.2, -0.15) is 0 Å². The third-order valence-electron chi connectivity index (χ3n) is 5.55. The smallest absolute Gasteiger partial charge is 0.264 e. The van der Waals surface area contributed by atoms with E-state index in [2.05, 4.69) is 11.4 Å². The third kappa shape index (κ3) is 5.19. The Labute approximate surface area is 191 Å². The average Bonchev–Trinajstić information content (AvgIpc) is 2.72. The minimum Gasteiger partial charge on any atom is -0.348 e. The highest BCUT2D eigenvalue weighted by molar-refractivity contribution is 7.92. The summed E-state index contributed by atoms with van der Waals surface area (Å²) in [5.41, 5.74) is 5.47. The maximum atomic E-state index is 13.5. The fourth-order valence-electron chi connectivity index (χ4n) is 3.79. The molecule has 5 nitrogen and oxygen atoms in total. The summed E-state index contributed by atoms with van der Waals surface area (Å²) in [4.78, 5) is 13.2. The van der Waals surface area contributed by atoms with Crippen molar-refractivity contribution < 1.29 is 13.2 Å². The maximum Gasteiger partial charge on any atom is 0.264 e. The normalized spacial score (nSPS) is 12.3. The van der Waals surface area contributed by atoms with Gasteiger partial charge in [0.05, 0.1) is 16.6 Å². The lowest BCUT2D eigenvalue weighted by atomic mass is 10.0. The van der Waals surface area contributed by atoms with Gasteiger partial charge in [0.2, 0.25) is 5.91 Å². The van der Waals surface area contributed by atoms with Crippen molar-refractivity contribution in [3.05, 3.63) is 94.5 Å². The first-order chi connectivity index (χ1) is 15.1. The number of amides is 1. The molecule has 0 fully saturated rings. The number of carbonyl (C=O) groups excluding carboxylic acids is 1. The molecule has 3 rings (SSSR count). The molecule has 1 N–H and O–H groups in total. The Kier molecular flexibility index (Phi) is 7.04. The molecule has 3 aromatic rings. The molecule has 0 saturated carbocycles. The van der Waals surface area contributed by atoms with E-state index in [4.69, 9.17) is 0 Å². The molecule has 32 heavy (non-hydrogen) atoms. The van der Waals surface area contributed by atoms with Gasteiger partial charge < -0.3 is 5.32 Å². The van der Waals surface area contributed by atoms with Crippen LogP contribution in [0.3, 0.4) is 0 Å². The lowest BCUT2D eigenvalue weighted by molar-refractivity contribution is -0.120. The maximum absolute atomic E-state index is 13.5. The highest BCUT2D eigenvalue weighted by Gasteiger charge is 2.28. The van der Waals surface area contributed by atoms with Gasteiger partial charge in [0.25, 0.3) is 10.0 Å². The standard InChI is InChI=1S/C26H30N2O3S/c1-18-10-13-23(14-11-18)32(30,31)28(25-9-7-6-8-20(25)3)17-26(29)27-22(5)24-15-12-19(2)16-21(24)4/h6-16,22H,17H2,1-5H3,(H,27,29)/t22-/m0/s1. The molecule has 0 aromatic heterocycles. The average molecular weight is 451 g/mol. The van der Waals surface area contributed by atoms with Crippen LogP contribution in [0.25, 0.3) is 0 Å². The van der Waals surface area contributed by atoms with Crippen molar-refractivity contribution in [1.29, 1.82) is 0 Å². The van der Waals surface area contributed by atoms with Crippen molar-refractivity contribution in [1.82, 2.24) is 5.32 Å². The molecule has 3 aromatic carbocycles. The van der Waals surface area contributed by atoms with Crippen LogP contribution in [0.4, 0.5) is 5.69 Å². The van der Waals surface area contributed by atoms with Crippen LogP contribution in [-0.4, -0.2) is 20.9 Å². The highest BCUT2D eigenvalue weighted by atomic mass is 32.2. The molecule has 1 atom stereocenters. The molecule has 6 heteroatoms. The van der Waals surface area contributed by atoms with Crippen LogP contribution in [0.2, 0.25) is 0 Å². The molecular formula is C26H30N2O3S. The Hall–Kier alpha value is -3.12. The minimum absolute atomic E-state index is 0.154. The number of aryl methyl sites for hydroxylation is 4. The molecule has 1 amide bonds. The predicted octanol–water partition coefficient (Wildman–Crippen LogP) is 4.99. The quantitative estimate of drug-likeness (QED) is 0.551. The second kappa shape index (κ2) is 9.57. The zero-order chi connectivity index (χ0) is 23.5. The predicted molar refractivity (Wildman–Crippen MR) is 129 cm³/mol. The van der Waals surface area contributed by atoms with E-state index in [1.807, 2.05) is 58.9 Å². The first-order valence-electron chi connectivity index (χ1n) is 10.6. The number of hydrogen-bond acceptors (Lipinski definition) is 3. The van der Waals surface area contributed by atoms with Crippen LogP contribution in [0, 0.1) is 27.7 Å². The Balaban J connectivity index is 1.91. The Morgan fingerprint density at radius 3 is 2.12 bits per heavy atom. The molecule has 0 unspecified atom stereocenters. The van der Waals surface area contributed by atoms with Crippen molar-refractivity contribution in [3.8, 4) is 0 Å². The summed E-state index contributed by atoms with van der Waals surface area (Å²) >= 11 is 0. The van der Waals surface area contributed by atoms with Crippen molar-refractivity contribution in [2.45, 2.75) is 45.6 Å². The van der Waals surface area contributed by atoms with Gasteiger partial charge in [0, 0.05) is 0 Å². The lowest BCUT2D eigenvalue weighted by Gasteiger charge is -2.26. The van der Waals surface area contributed by atoms with Gasteiger partial charge in [-0.15, -0.1) is 0 Å². The summed E-state index contributed by atoms with van der Waals surface area (Å²) in [5.74, 6) is -0.364. The van der Waals surface area contributed by atoms with Crippen molar-refractivity contribution in [2.24, 2.45) is 0 Å². The number of nitrogens with zero attached hydrogens (tertiary/aromatic N) is 1. The molecule has 0 aliphatic carbocycles. The van der Waals surface area contributed by atoms with Crippen LogP contribution in [-0.2, 0) is 14.8 Å². The fourth-order valence-corrected chi connectivity index (χ4v) is 5.27. The van der Waals surface area contributed by atoms with E-state index in [0.717, 1.165) is 27.8 Å².